The maximum Gasteiger partial charge on any atom is 0.258 e. The first kappa shape index (κ1) is 15.5. The predicted octanol–water partition coefficient (Wildman–Crippen LogP) is 5.19. The molecule has 3 nitrogen and oxygen atoms in total. The van der Waals surface area contributed by atoms with Crippen LogP contribution in [0.2, 0.25) is 0 Å². The van der Waals surface area contributed by atoms with E-state index in [9.17, 15) is 9.59 Å². The lowest BCUT2D eigenvalue weighted by Gasteiger charge is -2.14. The van der Waals surface area contributed by atoms with Crippen molar-refractivity contribution >= 4 is 53.1 Å². The minimum Gasteiger partial charge on any atom is -0.288 e. The lowest BCUT2D eigenvalue weighted by atomic mass is 9.95. The van der Waals surface area contributed by atoms with Gasteiger partial charge in [0.1, 0.15) is 0 Å². The van der Waals surface area contributed by atoms with Crippen LogP contribution in [0.5, 0.6) is 0 Å². The second-order valence-corrected chi connectivity index (χ2v) is 7.88. The Labute approximate surface area is 153 Å². The molecule has 2 aromatic heterocycles. The van der Waals surface area contributed by atoms with Crippen molar-refractivity contribution in [1.29, 1.82) is 0 Å². The van der Waals surface area contributed by atoms with E-state index in [2.05, 4.69) is 30.1 Å². The average molecular weight is 359 g/mol. The third kappa shape index (κ3) is 2.05. The highest BCUT2D eigenvalue weighted by molar-refractivity contribution is 7.25. The van der Waals surface area contributed by atoms with Gasteiger partial charge < -0.3 is 0 Å². The van der Waals surface area contributed by atoms with E-state index in [0.717, 1.165) is 40.1 Å². The number of hydrogen-bond donors (Lipinski definition) is 1. The number of rotatable bonds is 3. The summed E-state index contributed by atoms with van der Waals surface area (Å²) in [5.41, 5.74) is 0.734. The van der Waals surface area contributed by atoms with Crippen LogP contribution in [0, 0.1) is 0 Å². The second-order valence-electron chi connectivity index (χ2n) is 6.80. The molecule has 2 heterocycles. The summed E-state index contributed by atoms with van der Waals surface area (Å²) in [6, 6.07) is 14.3. The van der Waals surface area contributed by atoms with Gasteiger partial charge in [0.05, 0.1) is 0 Å². The smallest absolute Gasteiger partial charge is 0.258 e. The Morgan fingerprint density at radius 2 is 1.50 bits per heavy atom. The Bertz CT molecular complexity index is 1380. The molecule has 5 rings (SSSR count). The molecule has 128 valence electrons. The van der Waals surface area contributed by atoms with Gasteiger partial charge in [-0.1, -0.05) is 31.5 Å². The summed E-state index contributed by atoms with van der Waals surface area (Å²) in [5.74, 6) is 0. The summed E-state index contributed by atoms with van der Waals surface area (Å²) < 4.78 is 2.36. The maximum absolute atomic E-state index is 12.3. The van der Waals surface area contributed by atoms with Crippen molar-refractivity contribution in [2.24, 2.45) is 0 Å². The molecule has 0 fully saturated rings. The summed E-state index contributed by atoms with van der Waals surface area (Å²) >= 11 is 1.73. The number of nitrogens with one attached hydrogen (secondary N) is 1. The molecule has 0 spiro atoms. The number of aryl methyl sites for hydroxylation is 1. The molecule has 0 unspecified atom stereocenters. The summed E-state index contributed by atoms with van der Waals surface area (Å²) in [7, 11) is 0. The van der Waals surface area contributed by atoms with Gasteiger partial charge in [-0.25, -0.2) is 0 Å². The highest BCUT2D eigenvalue weighted by Crippen LogP contribution is 2.40. The molecular weight excluding hydrogens is 342 g/mol. The maximum atomic E-state index is 12.3. The van der Waals surface area contributed by atoms with E-state index >= 15 is 0 Å². The zero-order valence-electron chi connectivity index (χ0n) is 14.4. The van der Waals surface area contributed by atoms with Gasteiger partial charge in [-0.05, 0) is 48.1 Å². The zero-order valence-corrected chi connectivity index (χ0v) is 15.2. The minimum atomic E-state index is -0.304. The fraction of sp³-hybridized carbons (Fsp3) is 0.182. The molecule has 0 amide bonds. The number of aromatic nitrogens is 1. The Kier molecular flexibility index (Phi) is 3.37. The van der Waals surface area contributed by atoms with Crippen molar-refractivity contribution < 1.29 is 0 Å². The Balaban J connectivity index is 2.06. The Morgan fingerprint density at radius 1 is 0.808 bits per heavy atom. The molecule has 3 aromatic carbocycles. The van der Waals surface area contributed by atoms with Crippen molar-refractivity contribution in [2.75, 3.05) is 0 Å². The van der Waals surface area contributed by atoms with Crippen LogP contribution in [0.1, 0.15) is 25.3 Å². The van der Waals surface area contributed by atoms with E-state index in [-0.39, 0.29) is 11.1 Å². The first-order valence-electron chi connectivity index (χ1n) is 8.94. The van der Waals surface area contributed by atoms with Gasteiger partial charge in [0.2, 0.25) is 0 Å². The molecule has 0 aliphatic carbocycles. The fourth-order valence-electron chi connectivity index (χ4n) is 4.04. The molecule has 0 saturated carbocycles. The van der Waals surface area contributed by atoms with Gasteiger partial charge in [-0.3, -0.25) is 14.6 Å². The second kappa shape index (κ2) is 5.64. The van der Waals surface area contributed by atoms with E-state index in [1.54, 1.807) is 11.3 Å². The first-order valence-corrected chi connectivity index (χ1v) is 9.76. The predicted molar refractivity (Wildman–Crippen MR) is 111 cm³/mol. The Morgan fingerprint density at radius 3 is 2.27 bits per heavy atom. The Hall–Kier alpha value is -2.72. The number of unbranched alkanes of at least 4 members (excludes halogenated alkanes) is 1. The van der Waals surface area contributed by atoms with Gasteiger partial charge in [0.25, 0.3) is 11.1 Å². The minimum absolute atomic E-state index is 0.304. The standard InChI is InChI=1S/C22H17NO2S/c1-2-3-5-12-6-4-7-16-18(12)13-8-9-14-19-15(22(25)23-21(14)24)10-11-17(26-16)20(13)19/h4,6-11H,2-3,5H2,1H3,(H,23,24,25). The van der Waals surface area contributed by atoms with Gasteiger partial charge in [0, 0.05) is 36.3 Å². The summed E-state index contributed by atoms with van der Waals surface area (Å²) in [6.07, 6.45) is 3.34. The average Bonchev–Trinajstić information content (AvgIpc) is 2.65. The van der Waals surface area contributed by atoms with E-state index in [1.807, 2.05) is 24.3 Å². The lowest BCUT2D eigenvalue weighted by Crippen LogP contribution is -2.19. The molecule has 0 aliphatic heterocycles. The summed E-state index contributed by atoms with van der Waals surface area (Å²) in [4.78, 5) is 27.1. The van der Waals surface area contributed by atoms with Gasteiger partial charge >= 0.3 is 0 Å². The number of hydrogen-bond acceptors (Lipinski definition) is 3. The normalized spacial score (nSPS) is 12.0. The van der Waals surface area contributed by atoms with Crippen LogP contribution >= 0.6 is 11.3 Å². The monoisotopic (exact) mass is 359 g/mol. The largest absolute Gasteiger partial charge is 0.288 e. The quantitative estimate of drug-likeness (QED) is 0.356. The SMILES string of the molecule is CCCCc1cccc2sc3ccc4c(=O)[nH]c(=O)c5ccc(c12)c3c45. The van der Waals surface area contributed by atoms with Crippen molar-refractivity contribution in [1.82, 2.24) is 4.98 Å². The van der Waals surface area contributed by atoms with Crippen molar-refractivity contribution in [3.63, 3.8) is 0 Å². The van der Waals surface area contributed by atoms with E-state index < -0.39 is 0 Å². The highest BCUT2D eigenvalue weighted by Gasteiger charge is 2.16. The molecule has 0 aliphatic rings. The zero-order chi connectivity index (χ0) is 17.8. The number of benzene rings is 3. The molecule has 0 radical (unpaired) electrons. The molecule has 0 bridgehead atoms. The number of pyridine rings is 1. The third-order valence-electron chi connectivity index (χ3n) is 5.24. The van der Waals surface area contributed by atoms with E-state index in [1.165, 1.54) is 15.6 Å². The lowest BCUT2D eigenvalue weighted by molar-refractivity contribution is 0.799. The molecular formula is C22H17NO2S. The molecule has 1 N–H and O–H groups in total. The summed E-state index contributed by atoms with van der Waals surface area (Å²) in [6.45, 7) is 2.20. The molecule has 0 atom stereocenters. The number of fused-ring (bicyclic) bond motifs is 2. The van der Waals surface area contributed by atoms with E-state index in [0.29, 0.717) is 10.8 Å². The topological polar surface area (TPSA) is 49.9 Å². The number of aromatic amines is 1. The van der Waals surface area contributed by atoms with Crippen molar-refractivity contribution in [3.05, 3.63) is 68.7 Å². The molecule has 26 heavy (non-hydrogen) atoms. The molecule has 4 heteroatoms. The van der Waals surface area contributed by atoms with Crippen LogP contribution in [0.25, 0.3) is 41.7 Å². The summed E-state index contributed by atoms with van der Waals surface area (Å²) in [5, 5.41) is 5.44. The van der Waals surface area contributed by atoms with Gasteiger partial charge in [-0.2, -0.15) is 0 Å². The van der Waals surface area contributed by atoms with Crippen molar-refractivity contribution in [3.8, 4) is 0 Å². The van der Waals surface area contributed by atoms with Gasteiger partial charge in [-0.15, -0.1) is 11.3 Å². The third-order valence-corrected chi connectivity index (χ3v) is 6.36. The highest BCUT2D eigenvalue weighted by atomic mass is 32.1. The number of H-pyrrole nitrogens is 1. The van der Waals surface area contributed by atoms with Crippen LogP contribution in [-0.4, -0.2) is 4.98 Å². The van der Waals surface area contributed by atoms with Crippen molar-refractivity contribution in [2.45, 2.75) is 26.2 Å². The van der Waals surface area contributed by atoms with Crippen LogP contribution in [0.4, 0.5) is 0 Å². The fourth-order valence-corrected chi connectivity index (χ4v) is 5.21. The van der Waals surface area contributed by atoms with Crippen LogP contribution in [0.15, 0.2) is 52.1 Å². The van der Waals surface area contributed by atoms with Gasteiger partial charge in [0.15, 0.2) is 0 Å². The van der Waals surface area contributed by atoms with E-state index in [4.69, 9.17) is 0 Å². The van der Waals surface area contributed by atoms with Crippen LogP contribution < -0.4 is 11.1 Å². The van der Waals surface area contributed by atoms with Crippen LogP contribution in [-0.2, 0) is 6.42 Å². The van der Waals surface area contributed by atoms with Crippen LogP contribution in [0.3, 0.4) is 0 Å². The molecule has 5 aromatic rings. The first-order chi connectivity index (χ1) is 12.7. The molecule has 0 saturated heterocycles.